The van der Waals surface area contributed by atoms with Gasteiger partial charge >= 0.3 is 0 Å². The number of aromatic nitrogens is 3. The molecule has 4 rings (SSSR count). The summed E-state index contributed by atoms with van der Waals surface area (Å²) < 4.78 is 7.88. The van der Waals surface area contributed by atoms with E-state index in [-0.39, 0.29) is 5.91 Å². The molecule has 0 N–H and O–H groups in total. The smallest absolute Gasteiger partial charge is 0.253 e. The van der Waals surface area contributed by atoms with Crippen LogP contribution >= 0.6 is 11.8 Å². The highest BCUT2D eigenvalue weighted by atomic mass is 32.2. The minimum absolute atomic E-state index is 0.0179. The molecule has 6 nitrogen and oxygen atoms in total. The number of carbonyl (C=O) groups excluding carboxylic acids is 1. The molecule has 0 radical (unpaired) electrons. The topological polar surface area (TPSA) is 64.2 Å². The highest BCUT2D eigenvalue weighted by Gasteiger charge is 2.25. The lowest BCUT2D eigenvalue weighted by Gasteiger charge is -2.25. The molecule has 0 spiro atoms. The molecule has 1 aliphatic carbocycles. The van der Waals surface area contributed by atoms with Crippen LogP contribution in [0.1, 0.15) is 54.1 Å². The monoisotopic (exact) mass is 410 g/mol. The van der Waals surface area contributed by atoms with E-state index in [1.165, 1.54) is 19.3 Å². The van der Waals surface area contributed by atoms with E-state index in [9.17, 15) is 4.79 Å². The molecule has 0 saturated heterocycles. The van der Waals surface area contributed by atoms with Crippen LogP contribution in [0.2, 0.25) is 0 Å². The minimum Gasteiger partial charge on any atom is -0.461 e. The Kier molecular flexibility index (Phi) is 6.04. The van der Waals surface area contributed by atoms with Crippen molar-refractivity contribution >= 4 is 17.7 Å². The maximum Gasteiger partial charge on any atom is 0.253 e. The molecule has 29 heavy (non-hydrogen) atoms. The zero-order chi connectivity index (χ0) is 20.2. The average Bonchev–Trinajstić information content (AvgIpc) is 3.42. The van der Waals surface area contributed by atoms with Crippen molar-refractivity contribution in [2.24, 2.45) is 0 Å². The van der Waals surface area contributed by atoms with Crippen LogP contribution in [0.15, 0.2) is 52.2 Å². The first-order valence-electron chi connectivity index (χ1n) is 10.1. The van der Waals surface area contributed by atoms with Gasteiger partial charge < -0.3 is 9.32 Å². The Hall–Kier alpha value is -2.54. The molecule has 1 aliphatic rings. The Morgan fingerprint density at radius 1 is 1.14 bits per heavy atom. The first-order chi connectivity index (χ1) is 14.1. The third kappa shape index (κ3) is 4.40. The quantitative estimate of drug-likeness (QED) is 0.533. The van der Waals surface area contributed by atoms with Crippen molar-refractivity contribution in [3.8, 4) is 11.6 Å². The van der Waals surface area contributed by atoms with Gasteiger partial charge in [-0.3, -0.25) is 9.36 Å². The van der Waals surface area contributed by atoms with E-state index in [0.29, 0.717) is 11.6 Å². The molecule has 1 saturated carbocycles. The van der Waals surface area contributed by atoms with Gasteiger partial charge in [0.15, 0.2) is 10.9 Å². The highest BCUT2D eigenvalue weighted by Crippen LogP contribution is 2.36. The van der Waals surface area contributed by atoms with Crippen molar-refractivity contribution in [1.82, 2.24) is 19.7 Å². The van der Waals surface area contributed by atoms with Crippen molar-refractivity contribution in [3.63, 3.8) is 0 Å². The number of carbonyl (C=O) groups is 1. The SMILES string of the molecule is CN(C)C(=O)c1ccc(CSc2nnc(-c3ccco3)n2C2CCCCC2)cc1. The van der Waals surface area contributed by atoms with Crippen molar-refractivity contribution in [2.75, 3.05) is 14.1 Å². The Morgan fingerprint density at radius 2 is 1.90 bits per heavy atom. The van der Waals surface area contributed by atoms with Crippen LogP contribution in [0, 0.1) is 0 Å². The molecule has 0 aliphatic heterocycles. The van der Waals surface area contributed by atoms with Crippen molar-refractivity contribution in [1.29, 1.82) is 0 Å². The molecule has 2 heterocycles. The summed E-state index contributed by atoms with van der Waals surface area (Å²) in [5.74, 6) is 2.38. The van der Waals surface area contributed by atoms with Crippen LogP contribution in [0.3, 0.4) is 0 Å². The second kappa shape index (κ2) is 8.86. The van der Waals surface area contributed by atoms with Gasteiger partial charge in [-0.05, 0) is 42.7 Å². The zero-order valence-electron chi connectivity index (χ0n) is 16.9. The Bertz CT molecular complexity index is 942. The fourth-order valence-corrected chi connectivity index (χ4v) is 4.73. The van der Waals surface area contributed by atoms with Gasteiger partial charge in [0.25, 0.3) is 5.91 Å². The highest BCUT2D eigenvalue weighted by molar-refractivity contribution is 7.98. The van der Waals surface area contributed by atoms with E-state index in [2.05, 4.69) is 14.8 Å². The molecular weight excluding hydrogens is 384 g/mol. The first kappa shape index (κ1) is 19.8. The van der Waals surface area contributed by atoms with Crippen LogP contribution in [0.4, 0.5) is 0 Å². The number of hydrogen-bond acceptors (Lipinski definition) is 5. The molecule has 1 fully saturated rings. The first-order valence-corrected chi connectivity index (χ1v) is 11.0. The van der Waals surface area contributed by atoms with E-state index in [0.717, 1.165) is 40.9 Å². The van der Waals surface area contributed by atoms with Gasteiger partial charge in [-0.25, -0.2) is 0 Å². The van der Waals surface area contributed by atoms with Crippen molar-refractivity contribution in [3.05, 3.63) is 53.8 Å². The normalized spacial score (nSPS) is 14.8. The lowest BCUT2D eigenvalue weighted by molar-refractivity contribution is 0.0827. The second-order valence-corrected chi connectivity index (χ2v) is 8.57. The molecular formula is C22H26N4O2S. The zero-order valence-corrected chi connectivity index (χ0v) is 17.7. The van der Waals surface area contributed by atoms with Crippen LogP contribution < -0.4 is 0 Å². The van der Waals surface area contributed by atoms with E-state index >= 15 is 0 Å². The van der Waals surface area contributed by atoms with Gasteiger partial charge in [0.05, 0.1) is 6.26 Å². The van der Waals surface area contributed by atoms with Gasteiger partial charge in [-0.2, -0.15) is 0 Å². The summed E-state index contributed by atoms with van der Waals surface area (Å²) in [5, 5.41) is 9.87. The lowest BCUT2D eigenvalue weighted by atomic mass is 9.95. The third-order valence-corrected chi connectivity index (χ3v) is 6.34. The summed E-state index contributed by atoms with van der Waals surface area (Å²) in [5.41, 5.74) is 1.86. The molecule has 152 valence electrons. The van der Waals surface area contributed by atoms with Crippen LogP contribution in [0.25, 0.3) is 11.6 Å². The summed E-state index contributed by atoms with van der Waals surface area (Å²) in [6.45, 7) is 0. The van der Waals surface area contributed by atoms with E-state index in [1.807, 2.05) is 36.4 Å². The average molecular weight is 411 g/mol. The molecule has 1 aromatic carbocycles. The number of hydrogen-bond donors (Lipinski definition) is 0. The van der Waals surface area contributed by atoms with Gasteiger partial charge in [-0.1, -0.05) is 43.2 Å². The summed E-state index contributed by atoms with van der Waals surface area (Å²) in [7, 11) is 3.53. The van der Waals surface area contributed by atoms with Gasteiger partial charge in [0, 0.05) is 31.5 Å². The largest absolute Gasteiger partial charge is 0.461 e. The van der Waals surface area contributed by atoms with Gasteiger partial charge in [0.2, 0.25) is 5.82 Å². The number of benzene rings is 1. The van der Waals surface area contributed by atoms with Crippen molar-refractivity contribution < 1.29 is 9.21 Å². The lowest BCUT2D eigenvalue weighted by Crippen LogP contribution is -2.21. The number of nitrogens with zero attached hydrogens (tertiary/aromatic N) is 4. The molecule has 0 atom stereocenters. The summed E-state index contributed by atoms with van der Waals surface area (Å²) >= 11 is 1.68. The Labute approximate surface area is 175 Å². The molecule has 1 amide bonds. The Balaban J connectivity index is 1.53. The summed E-state index contributed by atoms with van der Waals surface area (Å²) in [6, 6.07) is 12.0. The molecule has 0 bridgehead atoms. The summed E-state index contributed by atoms with van der Waals surface area (Å²) in [6.07, 6.45) is 7.77. The molecule has 0 unspecified atom stereocenters. The number of amides is 1. The van der Waals surface area contributed by atoms with Crippen LogP contribution in [-0.4, -0.2) is 39.7 Å². The second-order valence-electron chi connectivity index (χ2n) is 7.63. The van der Waals surface area contributed by atoms with E-state index in [4.69, 9.17) is 4.42 Å². The van der Waals surface area contributed by atoms with Gasteiger partial charge in [-0.15, -0.1) is 10.2 Å². The predicted octanol–water partition coefficient (Wildman–Crippen LogP) is 5.04. The number of furan rings is 1. The fraction of sp³-hybridized carbons (Fsp3) is 0.409. The molecule has 2 aromatic heterocycles. The van der Waals surface area contributed by atoms with E-state index in [1.54, 1.807) is 37.0 Å². The minimum atomic E-state index is 0.0179. The van der Waals surface area contributed by atoms with E-state index < -0.39 is 0 Å². The number of rotatable bonds is 6. The fourth-order valence-electron chi connectivity index (χ4n) is 3.77. The molecule has 3 aromatic rings. The van der Waals surface area contributed by atoms with Gasteiger partial charge in [0.1, 0.15) is 0 Å². The maximum absolute atomic E-state index is 12.1. The molecule has 7 heteroatoms. The standard InChI is InChI=1S/C22H26N4O2S/c1-25(2)21(27)17-12-10-16(11-13-17)15-29-22-24-23-20(19-9-6-14-28-19)26(22)18-7-4-3-5-8-18/h6,9-14,18H,3-5,7-8,15H2,1-2H3. The van der Waals surface area contributed by atoms with Crippen LogP contribution in [0.5, 0.6) is 0 Å². The number of thioether (sulfide) groups is 1. The predicted molar refractivity (Wildman–Crippen MR) is 114 cm³/mol. The van der Waals surface area contributed by atoms with Crippen molar-refractivity contribution in [2.45, 2.75) is 49.1 Å². The van der Waals surface area contributed by atoms with Crippen LogP contribution in [-0.2, 0) is 5.75 Å². The Morgan fingerprint density at radius 3 is 2.55 bits per heavy atom. The maximum atomic E-state index is 12.1. The summed E-state index contributed by atoms with van der Waals surface area (Å²) in [4.78, 5) is 13.7. The third-order valence-electron chi connectivity index (χ3n) is 5.32.